The molecule has 2 aromatic rings. The molecule has 200 valence electrons. The number of likely N-dealkylation sites (N-methyl/N-ethyl adjacent to an activating group) is 1. The molecule has 2 aromatic carbocycles. The number of methoxy groups -OCH3 is 1. The van der Waals surface area contributed by atoms with Crippen molar-refractivity contribution < 1.29 is 33.6 Å². The number of hydrogen-bond acceptors (Lipinski definition) is 9. The Kier molecular flexibility index (Phi) is 5.97. The van der Waals surface area contributed by atoms with Gasteiger partial charge in [0.05, 0.1) is 24.5 Å². The Morgan fingerprint density at radius 2 is 2.03 bits per heavy atom. The second kappa shape index (κ2) is 9.11. The zero-order valence-electron chi connectivity index (χ0n) is 21.5. The number of aliphatic hydroxyl groups is 1. The van der Waals surface area contributed by atoms with Gasteiger partial charge in [0.25, 0.3) is 0 Å². The van der Waals surface area contributed by atoms with Gasteiger partial charge in [0.15, 0.2) is 17.6 Å². The number of carbonyl (C=O) groups excluding carboxylic acids is 2. The zero-order chi connectivity index (χ0) is 26.7. The summed E-state index contributed by atoms with van der Waals surface area (Å²) in [5.74, 6) is 0.157. The number of carbonyl (C=O) groups is 2. The van der Waals surface area contributed by atoms with Crippen molar-refractivity contribution in [2.75, 3.05) is 27.2 Å². The molecule has 3 N–H and O–H groups in total. The molecular weight excluding hydrogens is 488 g/mol. The Bertz CT molecular complexity index is 1310. The molecule has 2 bridgehead atoms. The van der Waals surface area contributed by atoms with Gasteiger partial charge in [-0.15, -0.1) is 0 Å². The fourth-order valence-electron chi connectivity index (χ4n) is 6.95. The summed E-state index contributed by atoms with van der Waals surface area (Å²) in [5.41, 5.74) is 6.14. The number of piperidine rings is 1. The summed E-state index contributed by atoms with van der Waals surface area (Å²) in [6, 6.07) is 12.6. The van der Waals surface area contributed by atoms with Crippen LogP contribution in [0, 0.1) is 0 Å². The minimum atomic E-state index is -1.26. The highest BCUT2D eigenvalue weighted by Gasteiger charge is 2.72. The van der Waals surface area contributed by atoms with E-state index in [0.717, 1.165) is 17.7 Å². The molecule has 1 spiro atoms. The van der Waals surface area contributed by atoms with Crippen LogP contribution in [-0.4, -0.2) is 66.9 Å². The highest BCUT2D eigenvalue weighted by atomic mass is 16.6. The van der Waals surface area contributed by atoms with Crippen LogP contribution in [0.4, 0.5) is 0 Å². The summed E-state index contributed by atoms with van der Waals surface area (Å²) in [4.78, 5) is 28.1. The summed E-state index contributed by atoms with van der Waals surface area (Å²) in [5, 5.41) is 12.3. The van der Waals surface area contributed by atoms with E-state index in [-0.39, 0.29) is 19.0 Å². The smallest absolute Gasteiger partial charge is 0.357 e. The van der Waals surface area contributed by atoms with Crippen LogP contribution >= 0.6 is 0 Å². The van der Waals surface area contributed by atoms with Crippen LogP contribution in [0.15, 0.2) is 54.3 Å². The van der Waals surface area contributed by atoms with Crippen LogP contribution in [0.2, 0.25) is 0 Å². The normalized spacial score (nSPS) is 29.4. The van der Waals surface area contributed by atoms with Gasteiger partial charge in [-0.1, -0.05) is 36.4 Å². The van der Waals surface area contributed by atoms with Gasteiger partial charge in [0.1, 0.15) is 5.76 Å². The van der Waals surface area contributed by atoms with Crippen LogP contribution in [0.25, 0.3) is 0 Å². The quantitative estimate of drug-likeness (QED) is 0.529. The molecule has 0 amide bonds. The molecule has 6 rings (SSSR count). The van der Waals surface area contributed by atoms with E-state index < -0.39 is 35.2 Å². The molecule has 1 fully saturated rings. The van der Waals surface area contributed by atoms with E-state index in [1.54, 1.807) is 37.5 Å². The van der Waals surface area contributed by atoms with E-state index in [2.05, 4.69) is 4.90 Å². The van der Waals surface area contributed by atoms with Crippen molar-refractivity contribution in [3.05, 3.63) is 71.0 Å². The van der Waals surface area contributed by atoms with Gasteiger partial charge in [-0.2, -0.15) is 0 Å². The van der Waals surface area contributed by atoms with Crippen molar-refractivity contribution in [2.24, 2.45) is 5.73 Å². The second-order valence-corrected chi connectivity index (χ2v) is 10.5. The van der Waals surface area contributed by atoms with E-state index >= 15 is 0 Å². The second-order valence-electron chi connectivity index (χ2n) is 10.5. The standard InChI is InChI=1S/C29H32N2O7/c1-31-15-13-28-23-18-8-9-19(35-2)25(23)38-26(28)20(10-12-29(28,34)21(31)16-18)36-27(33)24(37-22(32)11-14-30)17-6-4-3-5-7-17/h3-10,21,24,26,34H,11-16,30H2,1-2H3/t21-,24+,26?,28?,29-/m1/s1. The highest BCUT2D eigenvalue weighted by Crippen LogP contribution is 2.65. The topological polar surface area (TPSA) is 121 Å². The van der Waals surface area contributed by atoms with Crippen molar-refractivity contribution in [3.63, 3.8) is 0 Å². The average molecular weight is 521 g/mol. The lowest BCUT2D eigenvalue weighted by Crippen LogP contribution is -2.74. The van der Waals surface area contributed by atoms with Crippen molar-refractivity contribution in [3.8, 4) is 11.5 Å². The van der Waals surface area contributed by atoms with Crippen molar-refractivity contribution in [1.29, 1.82) is 0 Å². The number of esters is 2. The average Bonchev–Trinajstić information content (AvgIpc) is 3.27. The van der Waals surface area contributed by atoms with E-state index in [0.29, 0.717) is 42.1 Å². The lowest BCUT2D eigenvalue weighted by molar-refractivity contribution is -0.176. The zero-order valence-corrected chi connectivity index (χ0v) is 21.5. The molecule has 2 unspecified atom stereocenters. The third kappa shape index (κ3) is 3.42. The molecule has 0 saturated carbocycles. The summed E-state index contributed by atoms with van der Waals surface area (Å²) < 4.78 is 23.7. The van der Waals surface area contributed by atoms with E-state index in [4.69, 9.17) is 24.7 Å². The van der Waals surface area contributed by atoms with Gasteiger partial charge in [0, 0.05) is 30.1 Å². The largest absolute Gasteiger partial charge is 0.493 e. The van der Waals surface area contributed by atoms with Gasteiger partial charge in [0.2, 0.25) is 6.10 Å². The third-order valence-electron chi connectivity index (χ3n) is 8.69. The molecule has 0 aromatic heterocycles. The maximum atomic E-state index is 13.6. The van der Waals surface area contributed by atoms with Crippen LogP contribution in [0.1, 0.15) is 42.1 Å². The Labute approximate surface area is 221 Å². The number of nitrogens with zero attached hydrogens (tertiary/aromatic N) is 1. The van der Waals surface area contributed by atoms with Gasteiger partial charge in [-0.3, -0.25) is 4.79 Å². The summed E-state index contributed by atoms with van der Waals surface area (Å²) >= 11 is 0. The number of nitrogens with two attached hydrogens (primary N) is 1. The first-order valence-electron chi connectivity index (χ1n) is 13.0. The Morgan fingerprint density at radius 3 is 2.76 bits per heavy atom. The van der Waals surface area contributed by atoms with Gasteiger partial charge in [-0.05, 0) is 44.1 Å². The van der Waals surface area contributed by atoms with Crippen molar-refractivity contribution in [2.45, 2.75) is 54.9 Å². The van der Waals surface area contributed by atoms with Crippen LogP contribution in [0.5, 0.6) is 11.5 Å². The van der Waals surface area contributed by atoms with Crippen LogP contribution in [-0.2, 0) is 30.9 Å². The first-order chi connectivity index (χ1) is 18.3. The highest BCUT2D eigenvalue weighted by molar-refractivity contribution is 5.82. The predicted octanol–water partition coefficient (Wildman–Crippen LogP) is 2.15. The van der Waals surface area contributed by atoms with E-state index in [1.165, 1.54) is 0 Å². The summed E-state index contributed by atoms with van der Waals surface area (Å²) in [6.07, 6.45) is 1.34. The number of likely N-dealkylation sites (tertiary alicyclic amines) is 1. The molecule has 0 radical (unpaired) electrons. The molecule has 2 aliphatic carbocycles. The van der Waals surface area contributed by atoms with Gasteiger partial charge in [-0.25, -0.2) is 4.79 Å². The number of hydrogen-bond donors (Lipinski definition) is 2. The van der Waals surface area contributed by atoms with Crippen molar-refractivity contribution in [1.82, 2.24) is 4.90 Å². The molecule has 38 heavy (non-hydrogen) atoms. The minimum Gasteiger partial charge on any atom is -0.493 e. The Hall–Kier alpha value is -3.40. The lowest BCUT2D eigenvalue weighted by Gasteiger charge is -2.61. The van der Waals surface area contributed by atoms with E-state index in [1.807, 2.05) is 25.2 Å². The number of ether oxygens (including phenoxy) is 4. The SMILES string of the molecule is COc1ccc2c3c1OC1C(OC(=O)[C@@H](OC(=O)CCN)c4ccccc4)=CC[C@@]4(O)[C@@H](C2)N(C)CCC314. The van der Waals surface area contributed by atoms with Gasteiger partial charge < -0.3 is 34.7 Å². The monoisotopic (exact) mass is 520 g/mol. The lowest BCUT2D eigenvalue weighted by atomic mass is 9.50. The van der Waals surface area contributed by atoms with Crippen molar-refractivity contribution >= 4 is 11.9 Å². The molecule has 1 saturated heterocycles. The molecular formula is C29H32N2O7. The molecule has 5 atom stereocenters. The third-order valence-corrected chi connectivity index (χ3v) is 8.69. The number of rotatable bonds is 7. The Balaban J connectivity index is 1.39. The van der Waals surface area contributed by atoms with E-state index in [9.17, 15) is 14.7 Å². The summed E-state index contributed by atoms with van der Waals surface area (Å²) in [6.45, 7) is 0.864. The fourth-order valence-corrected chi connectivity index (χ4v) is 6.95. The Morgan fingerprint density at radius 1 is 1.24 bits per heavy atom. The molecule has 2 heterocycles. The number of benzene rings is 2. The molecule has 4 aliphatic rings. The van der Waals surface area contributed by atoms with Gasteiger partial charge >= 0.3 is 11.9 Å². The first-order valence-corrected chi connectivity index (χ1v) is 13.0. The summed E-state index contributed by atoms with van der Waals surface area (Å²) in [7, 11) is 3.62. The first kappa shape index (κ1) is 24.9. The molecule has 9 heteroatoms. The maximum Gasteiger partial charge on any atom is 0.357 e. The van der Waals surface area contributed by atoms with Crippen LogP contribution in [0.3, 0.4) is 0 Å². The minimum absolute atomic E-state index is 0.0199. The molecule has 2 aliphatic heterocycles. The predicted molar refractivity (Wildman–Crippen MR) is 137 cm³/mol. The maximum absolute atomic E-state index is 13.6. The molecule has 9 nitrogen and oxygen atoms in total. The van der Waals surface area contributed by atoms with Crippen LogP contribution < -0.4 is 15.2 Å². The fraction of sp³-hybridized carbons (Fsp3) is 0.448.